The van der Waals surface area contributed by atoms with Crippen LogP contribution >= 0.6 is 23.2 Å². The van der Waals surface area contributed by atoms with Gasteiger partial charge in [0.25, 0.3) is 0 Å². The van der Waals surface area contributed by atoms with Crippen LogP contribution in [0.2, 0.25) is 10.0 Å². The molecule has 2 aromatic carbocycles. The lowest BCUT2D eigenvalue weighted by Crippen LogP contribution is -2.38. The summed E-state index contributed by atoms with van der Waals surface area (Å²) in [5.74, 6) is 0.252. The molecule has 1 fully saturated rings. The van der Waals surface area contributed by atoms with Crippen LogP contribution in [0.15, 0.2) is 30.3 Å². The molecular weight excluding hydrogens is 435 g/mol. The molecule has 1 heterocycles. The number of carbonyl (C=O) groups is 1. The third kappa shape index (κ3) is 3.98. The highest BCUT2D eigenvalue weighted by molar-refractivity contribution is 6.37. The number of benzene rings is 2. The second-order valence-electron chi connectivity index (χ2n) is 7.98. The van der Waals surface area contributed by atoms with Crippen molar-refractivity contribution in [1.82, 2.24) is 4.57 Å². The average Bonchev–Trinajstić information content (AvgIpc) is 3.04. The Balaban J connectivity index is 1.60. The normalized spacial score (nSPS) is 17.8. The molecule has 5 nitrogen and oxygen atoms in total. The molecule has 0 saturated heterocycles. The summed E-state index contributed by atoms with van der Waals surface area (Å²) < 4.78 is 12.9. The number of hydrogen-bond donors (Lipinski definition) is 0. The smallest absolute Gasteiger partial charge is 0.308 e. The molecule has 0 bridgehead atoms. The number of ether oxygens (including phenoxy) is 2. The van der Waals surface area contributed by atoms with E-state index in [-0.39, 0.29) is 18.0 Å². The van der Waals surface area contributed by atoms with Crippen molar-refractivity contribution in [2.45, 2.75) is 32.3 Å². The van der Waals surface area contributed by atoms with E-state index in [1.54, 1.807) is 12.1 Å². The summed E-state index contributed by atoms with van der Waals surface area (Å²) in [6.07, 6.45) is 1.69. The molecule has 31 heavy (non-hydrogen) atoms. The van der Waals surface area contributed by atoms with Gasteiger partial charge in [-0.05, 0) is 61.2 Å². The van der Waals surface area contributed by atoms with Crippen LogP contribution in [0.1, 0.15) is 35.2 Å². The molecule has 1 aliphatic carbocycles. The summed E-state index contributed by atoms with van der Waals surface area (Å²) >= 11 is 13.2. The fourth-order valence-corrected chi connectivity index (χ4v) is 4.66. The van der Waals surface area contributed by atoms with Crippen LogP contribution in [-0.4, -0.2) is 23.8 Å². The number of esters is 1. The zero-order valence-electron chi connectivity index (χ0n) is 17.5. The van der Waals surface area contributed by atoms with E-state index < -0.39 is 0 Å². The molecular formula is C24H22Cl2N2O3. The van der Waals surface area contributed by atoms with Crippen molar-refractivity contribution in [3.8, 4) is 11.8 Å². The maximum Gasteiger partial charge on any atom is 0.308 e. The average molecular weight is 457 g/mol. The summed E-state index contributed by atoms with van der Waals surface area (Å²) in [6, 6.07) is 11.7. The van der Waals surface area contributed by atoms with Gasteiger partial charge in [-0.1, -0.05) is 23.2 Å². The molecule has 0 spiro atoms. The number of hydrogen-bond acceptors (Lipinski definition) is 4. The third-order valence-corrected chi connectivity index (χ3v) is 6.80. The number of aryl methyl sites for hydroxylation is 2. The fourth-order valence-electron chi connectivity index (χ4n) is 4.11. The van der Waals surface area contributed by atoms with Crippen molar-refractivity contribution in [3.63, 3.8) is 0 Å². The zero-order valence-corrected chi connectivity index (χ0v) is 19.0. The lowest BCUT2D eigenvalue weighted by Gasteiger charge is -2.33. The van der Waals surface area contributed by atoms with Crippen molar-refractivity contribution in [1.29, 1.82) is 5.26 Å². The molecule has 1 saturated carbocycles. The SMILES string of the molecule is COC(=O)[C@H]1C[C@H](Oc2ccc(Cl)c(Cc3cc4c(C)cc(C#N)cc4n3C)c2Cl)C1. The van der Waals surface area contributed by atoms with Gasteiger partial charge in [0.1, 0.15) is 11.9 Å². The van der Waals surface area contributed by atoms with E-state index in [9.17, 15) is 10.1 Å². The van der Waals surface area contributed by atoms with Gasteiger partial charge in [0.15, 0.2) is 0 Å². The number of halogens is 2. The highest BCUT2D eigenvalue weighted by atomic mass is 35.5. The van der Waals surface area contributed by atoms with Gasteiger partial charge >= 0.3 is 5.97 Å². The van der Waals surface area contributed by atoms with Crippen molar-refractivity contribution >= 4 is 40.1 Å². The molecule has 0 radical (unpaired) electrons. The van der Waals surface area contributed by atoms with Gasteiger partial charge in [0.2, 0.25) is 0 Å². The summed E-state index contributed by atoms with van der Waals surface area (Å²) in [6.45, 7) is 2.00. The van der Waals surface area contributed by atoms with Crippen LogP contribution in [0.5, 0.6) is 5.75 Å². The molecule has 0 aliphatic heterocycles. The molecule has 0 atom stereocenters. The first kappa shape index (κ1) is 21.5. The molecule has 3 aromatic rings. The van der Waals surface area contributed by atoms with E-state index in [0.717, 1.165) is 27.7 Å². The summed E-state index contributed by atoms with van der Waals surface area (Å²) in [7, 11) is 3.37. The van der Waals surface area contributed by atoms with Crippen molar-refractivity contribution in [3.05, 3.63) is 62.8 Å². The van der Waals surface area contributed by atoms with E-state index in [1.165, 1.54) is 7.11 Å². The molecule has 7 heteroatoms. The lowest BCUT2D eigenvalue weighted by atomic mass is 9.82. The highest BCUT2D eigenvalue weighted by Gasteiger charge is 2.37. The molecule has 0 unspecified atom stereocenters. The summed E-state index contributed by atoms with van der Waals surface area (Å²) in [4.78, 5) is 11.6. The first-order valence-corrected chi connectivity index (χ1v) is 10.8. The number of nitriles is 1. The maximum atomic E-state index is 11.6. The van der Waals surface area contributed by atoms with Crippen LogP contribution in [0, 0.1) is 24.2 Å². The fraction of sp³-hybridized carbons (Fsp3) is 0.333. The third-order valence-electron chi connectivity index (χ3n) is 6.03. The number of rotatable bonds is 5. The number of fused-ring (bicyclic) bond motifs is 1. The molecule has 1 aromatic heterocycles. The zero-order chi connectivity index (χ0) is 22.3. The van der Waals surface area contributed by atoms with E-state index in [4.69, 9.17) is 32.7 Å². The van der Waals surface area contributed by atoms with Crippen molar-refractivity contribution in [2.24, 2.45) is 13.0 Å². The van der Waals surface area contributed by atoms with Crippen LogP contribution in [0.4, 0.5) is 0 Å². The van der Waals surface area contributed by atoms with Gasteiger partial charge in [-0.2, -0.15) is 5.26 Å². The molecule has 0 N–H and O–H groups in total. The Kier molecular flexibility index (Phi) is 5.88. The maximum absolute atomic E-state index is 11.6. The standard InChI is InChI=1S/C24H22Cl2N2O3/c1-13-6-14(12-27)7-21-18(13)10-16(28(21)2)11-19-20(25)4-5-22(23(19)26)31-17-8-15(9-17)24(29)30-3/h4-7,10,15,17H,8-9,11H2,1-3H3/t15-,17-. The van der Waals surface area contributed by atoms with E-state index >= 15 is 0 Å². The van der Waals surface area contributed by atoms with Gasteiger partial charge in [0, 0.05) is 35.1 Å². The minimum absolute atomic E-state index is 0.0692. The number of carbonyl (C=O) groups excluding carboxylic acids is 1. The van der Waals surface area contributed by atoms with E-state index in [2.05, 4.69) is 16.7 Å². The first-order chi connectivity index (χ1) is 14.8. The number of methoxy groups -OCH3 is 1. The molecule has 4 rings (SSSR count). The van der Waals surface area contributed by atoms with Crippen molar-refractivity contribution in [2.75, 3.05) is 7.11 Å². The Hall–Kier alpha value is -2.68. The monoisotopic (exact) mass is 456 g/mol. The van der Waals surface area contributed by atoms with Gasteiger partial charge in [-0.25, -0.2) is 0 Å². The van der Waals surface area contributed by atoms with Gasteiger partial charge in [-0.3, -0.25) is 4.79 Å². The topological polar surface area (TPSA) is 64.2 Å². The molecule has 1 aliphatic rings. The van der Waals surface area contributed by atoms with Gasteiger partial charge in [0.05, 0.1) is 29.7 Å². The minimum atomic E-state index is -0.201. The molecule has 160 valence electrons. The second-order valence-corrected chi connectivity index (χ2v) is 8.76. The largest absolute Gasteiger partial charge is 0.489 e. The second kappa shape index (κ2) is 8.45. The van der Waals surface area contributed by atoms with Crippen molar-refractivity contribution < 1.29 is 14.3 Å². The predicted molar refractivity (Wildman–Crippen MR) is 121 cm³/mol. The Morgan fingerprint density at radius 3 is 2.68 bits per heavy atom. The highest BCUT2D eigenvalue weighted by Crippen LogP contribution is 2.39. The number of nitrogens with zero attached hydrogens (tertiary/aromatic N) is 2. The Morgan fingerprint density at radius 1 is 1.26 bits per heavy atom. The first-order valence-electron chi connectivity index (χ1n) is 10.0. The quantitative estimate of drug-likeness (QED) is 0.469. The Morgan fingerprint density at radius 2 is 2.00 bits per heavy atom. The van der Waals surface area contributed by atoms with Gasteiger partial charge in [-0.15, -0.1) is 0 Å². The van der Waals surface area contributed by atoms with Crippen LogP contribution in [0.3, 0.4) is 0 Å². The predicted octanol–water partition coefficient (Wildman–Crippen LogP) is 5.59. The Labute approximate surface area is 191 Å². The van der Waals surface area contributed by atoms with E-state index in [0.29, 0.717) is 40.6 Å². The summed E-state index contributed by atoms with van der Waals surface area (Å²) in [5.41, 5.74) is 4.50. The van der Waals surface area contributed by atoms with Crippen LogP contribution < -0.4 is 4.74 Å². The van der Waals surface area contributed by atoms with Crippen LogP contribution in [0.25, 0.3) is 10.9 Å². The number of aromatic nitrogens is 1. The minimum Gasteiger partial charge on any atom is -0.489 e. The summed E-state index contributed by atoms with van der Waals surface area (Å²) in [5, 5.41) is 11.4. The lowest BCUT2D eigenvalue weighted by molar-refractivity contribution is -0.151. The molecule has 0 amide bonds. The van der Waals surface area contributed by atoms with E-state index in [1.807, 2.05) is 26.1 Å². The Bertz CT molecular complexity index is 1220. The van der Waals surface area contributed by atoms with Gasteiger partial charge < -0.3 is 14.0 Å². The van der Waals surface area contributed by atoms with Crippen LogP contribution in [-0.2, 0) is 23.0 Å².